The van der Waals surface area contributed by atoms with Gasteiger partial charge in [0.05, 0.1) is 43.4 Å². The summed E-state index contributed by atoms with van der Waals surface area (Å²) >= 11 is 1.03. The fourth-order valence-corrected chi connectivity index (χ4v) is 9.09. The number of hydrogen-bond donors (Lipinski definition) is 12. The van der Waals surface area contributed by atoms with Crippen molar-refractivity contribution in [2.24, 2.45) is 17.6 Å². The Labute approximate surface area is 366 Å². The number of amides is 9. The number of nitrogens with two attached hydrogens (primary N) is 1. The normalized spacial score (nSPS) is 27.2. The number of carbonyl (C=O) groups excluding carboxylic acids is 9. The number of thioether (sulfide) groups is 1. The van der Waals surface area contributed by atoms with Crippen LogP contribution in [0.4, 0.5) is 0 Å². The van der Waals surface area contributed by atoms with Gasteiger partial charge in [-0.15, -0.1) is 11.8 Å². The number of benzene rings is 1. The molecule has 1 saturated heterocycles. The second-order valence-corrected chi connectivity index (χ2v) is 17.0. The molecule has 4 heterocycles. The van der Waals surface area contributed by atoms with Gasteiger partial charge >= 0.3 is 0 Å². The Kier molecular flexibility index (Phi) is 16.5. The highest BCUT2D eigenvalue weighted by molar-refractivity contribution is 7.99. The molecule has 0 radical (unpaired) electrons. The lowest BCUT2D eigenvalue weighted by molar-refractivity contribution is -0.144. The molecule has 13 N–H and O–H groups in total. The van der Waals surface area contributed by atoms with Crippen LogP contribution in [0, 0.1) is 11.8 Å². The molecule has 3 aliphatic heterocycles. The van der Waals surface area contributed by atoms with Crippen molar-refractivity contribution in [2.45, 2.75) is 106 Å². The number of nitrogens with one attached hydrogen (secondary N) is 8. The molecule has 22 nitrogen and oxygen atoms in total. The standard InChI is InChI=1S/C40H56N10O12S/c1-4-19(5-2)33-37(60)43-13-30(55)44-26-17-63-39-22(21-8-6-7-9-23(21)47-39)11-24(34(57)42-14-31(56)48-33)45-38(61)32(18(3)28(53)16-51)49-36(59)27-10-20(52)15-50(27)40(62)25(12-29(41)54)46-35(26)58/h6-9,18-20,24-28,32-33,47,51-53H,4-5,10-17H2,1-3H3,(H2,41,54)(H,42,57)(H,43,60)(H,44,55)(H,45,61)(H,46,58)(H,48,56)(H,49,59)/t18-,20+,24-,25-,26-,27-,28-,32-,33-/m0/s1. The molecule has 23 heteroatoms. The smallest absolute Gasteiger partial charge is 0.246 e. The Hall–Kier alpha value is -5.78. The van der Waals surface area contributed by atoms with E-state index in [2.05, 4.69) is 42.2 Å². The maximum Gasteiger partial charge on any atom is 0.246 e. The third kappa shape index (κ3) is 11.8. The predicted molar refractivity (Wildman–Crippen MR) is 225 cm³/mol. The number of carbonyl (C=O) groups is 9. The molecule has 63 heavy (non-hydrogen) atoms. The van der Waals surface area contributed by atoms with Gasteiger partial charge in [-0.3, -0.25) is 43.2 Å². The number of rotatable bonds is 8. The first-order valence-electron chi connectivity index (χ1n) is 20.8. The third-order valence-corrected chi connectivity index (χ3v) is 12.7. The Morgan fingerprint density at radius 2 is 1.51 bits per heavy atom. The Morgan fingerprint density at radius 3 is 2.17 bits per heavy atom. The molecule has 0 aliphatic carbocycles. The van der Waals surface area contributed by atoms with Crippen molar-refractivity contribution >= 4 is 75.8 Å². The molecule has 1 aromatic carbocycles. The molecular formula is C40H56N10O12S. The molecule has 1 aromatic heterocycles. The van der Waals surface area contributed by atoms with Crippen LogP contribution in [0.15, 0.2) is 29.3 Å². The van der Waals surface area contributed by atoms with E-state index in [1.807, 2.05) is 0 Å². The summed E-state index contributed by atoms with van der Waals surface area (Å²) in [6.07, 6.45) is -3.36. The summed E-state index contributed by atoms with van der Waals surface area (Å²) in [5.41, 5.74) is 6.55. The van der Waals surface area contributed by atoms with Crippen molar-refractivity contribution in [3.05, 3.63) is 29.8 Å². The van der Waals surface area contributed by atoms with E-state index in [4.69, 9.17) is 5.73 Å². The van der Waals surface area contributed by atoms with Gasteiger partial charge in [0.15, 0.2) is 0 Å². The number of nitrogens with zero attached hydrogens (tertiary/aromatic N) is 1. The second-order valence-electron chi connectivity index (χ2n) is 16.0. The van der Waals surface area contributed by atoms with Gasteiger partial charge in [0.2, 0.25) is 53.2 Å². The number of aliphatic hydroxyl groups excluding tert-OH is 3. The molecule has 9 amide bonds. The van der Waals surface area contributed by atoms with Crippen molar-refractivity contribution in [3.63, 3.8) is 0 Å². The first-order valence-corrected chi connectivity index (χ1v) is 21.8. The van der Waals surface area contributed by atoms with Crippen LogP contribution in [-0.2, 0) is 49.6 Å². The van der Waals surface area contributed by atoms with E-state index in [0.717, 1.165) is 16.7 Å². The van der Waals surface area contributed by atoms with E-state index in [-0.39, 0.29) is 18.6 Å². The Balaban J connectivity index is 1.69. The average molecular weight is 901 g/mol. The number of aromatic amines is 1. The molecule has 2 bridgehead atoms. The number of para-hydroxylation sites is 1. The molecule has 0 spiro atoms. The number of aromatic nitrogens is 1. The summed E-state index contributed by atoms with van der Waals surface area (Å²) < 4.78 is 0. The predicted octanol–water partition coefficient (Wildman–Crippen LogP) is -4.25. The van der Waals surface area contributed by atoms with Gasteiger partial charge in [-0.2, -0.15) is 0 Å². The lowest BCUT2D eigenvalue weighted by Crippen LogP contribution is -2.62. The molecule has 0 saturated carbocycles. The van der Waals surface area contributed by atoms with Gasteiger partial charge < -0.3 is 68.2 Å². The number of aliphatic hydroxyl groups is 3. The highest BCUT2D eigenvalue weighted by Crippen LogP contribution is 2.32. The van der Waals surface area contributed by atoms with E-state index in [1.165, 1.54) is 6.92 Å². The molecule has 1 fully saturated rings. The highest BCUT2D eigenvalue weighted by Gasteiger charge is 2.45. The summed E-state index contributed by atoms with van der Waals surface area (Å²) in [6, 6.07) is -2.08. The molecular weight excluding hydrogens is 845 g/mol. The minimum absolute atomic E-state index is 0.245. The zero-order chi connectivity index (χ0) is 46.1. The van der Waals surface area contributed by atoms with E-state index >= 15 is 0 Å². The number of fused-ring (bicyclic) bond motifs is 5. The van der Waals surface area contributed by atoms with Crippen molar-refractivity contribution < 1.29 is 58.5 Å². The van der Waals surface area contributed by atoms with Crippen LogP contribution in [0.5, 0.6) is 0 Å². The van der Waals surface area contributed by atoms with Crippen LogP contribution in [0.2, 0.25) is 0 Å². The minimum atomic E-state index is -1.72. The SMILES string of the molecule is CCC(CC)[C@@H]1NC(=O)CNC(=O)[C@@H]2Cc3c([nH]c4ccccc34)SC[C@H](NC(=O)CNC1=O)C(=O)N[C@@H](CC(N)=O)C(=O)N1C[C@H](O)C[C@H]1C(=O)N[C@@H]([C@@H](C)[C@@H](O)CO)C(=O)N2. The van der Waals surface area contributed by atoms with E-state index in [9.17, 15) is 58.5 Å². The van der Waals surface area contributed by atoms with E-state index < -0.39 is 146 Å². The summed E-state index contributed by atoms with van der Waals surface area (Å²) in [5.74, 6) is -10.1. The fraction of sp³-hybridized carbons (Fsp3) is 0.575. The highest BCUT2D eigenvalue weighted by atomic mass is 32.2. The number of primary amides is 1. The first kappa shape index (κ1) is 48.3. The molecule has 3 aliphatic rings. The third-order valence-electron chi connectivity index (χ3n) is 11.6. The summed E-state index contributed by atoms with van der Waals surface area (Å²) in [5, 5.41) is 50.2. The van der Waals surface area contributed by atoms with Crippen LogP contribution in [-0.4, -0.2) is 159 Å². The Morgan fingerprint density at radius 1 is 0.841 bits per heavy atom. The Bertz CT molecular complexity index is 2080. The van der Waals surface area contributed by atoms with Gasteiger partial charge in [0.1, 0.15) is 36.3 Å². The minimum Gasteiger partial charge on any atom is -0.394 e. The largest absolute Gasteiger partial charge is 0.394 e. The summed E-state index contributed by atoms with van der Waals surface area (Å²) in [4.78, 5) is 128. The molecule has 9 atom stereocenters. The van der Waals surface area contributed by atoms with Gasteiger partial charge in [-0.05, 0) is 17.5 Å². The summed E-state index contributed by atoms with van der Waals surface area (Å²) in [6.45, 7) is 2.39. The van der Waals surface area contributed by atoms with Crippen molar-refractivity contribution in [2.75, 3.05) is 32.0 Å². The van der Waals surface area contributed by atoms with E-state index in [0.29, 0.717) is 34.3 Å². The van der Waals surface area contributed by atoms with Crippen molar-refractivity contribution in [1.29, 1.82) is 0 Å². The van der Waals surface area contributed by atoms with Gasteiger partial charge in [0.25, 0.3) is 0 Å². The zero-order valence-electron chi connectivity index (χ0n) is 35.1. The maximum atomic E-state index is 14.4. The first-order chi connectivity index (χ1) is 29.9. The quantitative estimate of drug-likeness (QED) is 0.120. The van der Waals surface area contributed by atoms with E-state index in [1.54, 1.807) is 38.1 Å². The summed E-state index contributed by atoms with van der Waals surface area (Å²) in [7, 11) is 0. The topological polar surface area (TPSA) is 344 Å². The molecule has 0 unspecified atom stereocenters. The van der Waals surface area contributed by atoms with Crippen LogP contribution in [0.3, 0.4) is 0 Å². The van der Waals surface area contributed by atoms with Crippen LogP contribution >= 0.6 is 11.8 Å². The van der Waals surface area contributed by atoms with Gasteiger partial charge in [0, 0.05) is 42.0 Å². The number of hydrogen-bond acceptors (Lipinski definition) is 13. The molecule has 5 rings (SSSR count). The average Bonchev–Trinajstić information content (AvgIpc) is 3.82. The zero-order valence-corrected chi connectivity index (χ0v) is 35.9. The lowest BCUT2D eigenvalue weighted by atomic mass is 9.93. The maximum absolute atomic E-state index is 14.4. The van der Waals surface area contributed by atoms with Gasteiger partial charge in [-0.1, -0.05) is 51.8 Å². The second kappa shape index (κ2) is 21.5. The van der Waals surface area contributed by atoms with Crippen molar-refractivity contribution in [1.82, 2.24) is 47.1 Å². The lowest BCUT2D eigenvalue weighted by Gasteiger charge is -2.32. The number of H-pyrrole nitrogens is 1. The van der Waals surface area contributed by atoms with Crippen LogP contribution in [0.1, 0.15) is 52.0 Å². The van der Waals surface area contributed by atoms with Crippen LogP contribution in [0.25, 0.3) is 10.9 Å². The molecule has 344 valence electrons. The fourth-order valence-electron chi connectivity index (χ4n) is 7.97. The molecule has 2 aromatic rings. The van der Waals surface area contributed by atoms with Gasteiger partial charge in [-0.25, -0.2) is 0 Å². The monoisotopic (exact) mass is 900 g/mol. The van der Waals surface area contributed by atoms with Crippen molar-refractivity contribution in [3.8, 4) is 0 Å². The van der Waals surface area contributed by atoms with Crippen LogP contribution < -0.4 is 43.0 Å².